The number of halogens is 1. The van der Waals surface area contributed by atoms with Gasteiger partial charge in [-0.1, -0.05) is 49.8 Å². The Bertz CT molecular complexity index is 1710. The molecule has 6 atom stereocenters. The lowest BCUT2D eigenvalue weighted by molar-refractivity contribution is -0.112. The molecule has 246 valence electrons. The van der Waals surface area contributed by atoms with Crippen molar-refractivity contribution in [1.29, 1.82) is 0 Å². The predicted molar refractivity (Wildman–Crippen MR) is 176 cm³/mol. The molecule has 0 spiro atoms. The van der Waals surface area contributed by atoms with Crippen molar-refractivity contribution in [2.75, 3.05) is 19.5 Å². The van der Waals surface area contributed by atoms with Crippen LogP contribution >= 0.6 is 11.6 Å². The molecule has 0 aromatic heterocycles. The van der Waals surface area contributed by atoms with E-state index in [9.17, 15) is 19.5 Å². The van der Waals surface area contributed by atoms with Crippen LogP contribution in [0.2, 0.25) is 5.02 Å². The molecule has 1 aromatic carbocycles. The van der Waals surface area contributed by atoms with Crippen LogP contribution in [0.4, 0.5) is 10.5 Å². The summed E-state index contributed by atoms with van der Waals surface area (Å²) in [4.78, 5) is 43.7. The van der Waals surface area contributed by atoms with Crippen molar-refractivity contribution in [1.82, 2.24) is 4.98 Å². The van der Waals surface area contributed by atoms with Gasteiger partial charge < -0.3 is 34.8 Å². The van der Waals surface area contributed by atoms with E-state index in [4.69, 9.17) is 40.9 Å². The summed E-state index contributed by atoms with van der Waals surface area (Å²) in [6.45, 7) is 7.11. The number of amides is 2. The molecule has 3 aliphatic rings. The van der Waals surface area contributed by atoms with E-state index < -0.39 is 47.8 Å². The third-order valence-electron chi connectivity index (χ3n) is 8.13. The molecular formula is C34H40ClN3O8. The van der Waals surface area contributed by atoms with Crippen molar-refractivity contribution >= 4 is 40.4 Å². The van der Waals surface area contributed by atoms with Gasteiger partial charge in [-0.15, -0.1) is 0 Å². The van der Waals surface area contributed by atoms with Gasteiger partial charge in [-0.25, -0.2) is 9.78 Å². The average molecular weight is 654 g/mol. The minimum Gasteiger partial charge on any atom is -0.452 e. The maximum Gasteiger partial charge on any atom is 0.405 e. The van der Waals surface area contributed by atoms with E-state index in [2.05, 4.69) is 5.32 Å². The predicted octanol–water partition coefficient (Wildman–Crippen LogP) is 5.41. The first-order valence-corrected chi connectivity index (χ1v) is 15.3. The van der Waals surface area contributed by atoms with E-state index >= 15 is 0 Å². The van der Waals surface area contributed by atoms with Crippen LogP contribution < -0.4 is 16.5 Å². The quantitative estimate of drug-likeness (QED) is 0.248. The number of aliphatic hydroxyl groups excluding tert-OH is 1. The van der Waals surface area contributed by atoms with Crippen LogP contribution in [-0.4, -0.2) is 60.7 Å². The number of primary amides is 1. The molecule has 2 bridgehead atoms. The maximum atomic E-state index is 13.9. The molecule has 0 fully saturated rings. The molecule has 1 aliphatic carbocycles. The van der Waals surface area contributed by atoms with Gasteiger partial charge in [-0.05, 0) is 62.4 Å². The van der Waals surface area contributed by atoms with Gasteiger partial charge in [0, 0.05) is 36.3 Å². The van der Waals surface area contributed by atoms with Gasteiger partial charge in [-0.3, -0.25) is 9.59 Å². The molecule has 0 saturated heterocycles. The molecule has 46 heavy (non-hydrogen) atoms. The molecule has 1 aromatic rings. The highest BCUT2D eigenvalue weighted by molar-refractivity contribution is 6.31. The third-order valence-corrected chi connectivity index (χ3v) is 8.37. The number of nitrogens with one attached hydrogen (secondary N) is 1. The van der Waals surface area contributed by atoms with Gasteiger partial charge >= 0.3 is 6.09 Å². The number of hydrogen-bond donors (Lipinski definition) is 3. The van der Waals surface area contributed by atoms with Gasteiger partial charge in [-0.2, -0.15) is 0 Å². The standard InChI is InChI=1S/C34H40ClN3O8/c1-17-12-22-30(40)24(16-25-32(22)45-26-11-10-21(35)15-23(26)37-25)38-33(41)18(2)8-7-9-27(43-5)31(46-34(36)42)20(4)14-19(3)29(39)28(13-17)44-6/h7-11,14-17,19,27-29,31,39H,12-13H2,1-6H3,(H2,36,42)(H,38,41). The van der Waals surface area contributed by atoms with Crippen LogP contribution in [0.15, 0.2) is 68.9 Å². The summed E-state index contributed by atoms with van der Waals surface area (Å²) < 4.78 is 22.9. The Kier molecular flexibility index (Phi) is 11.4. The molecule has 11 nitrogen and oxygen atoms in total. The number of anilines is 1. The number of ether oxygens (including phenoxy) is 3. The first-order chi connectivity index (χ1) is 21.8. The Morgan fingerprint density at radius 3 is 2.57 bits per heavy atom. The van der Waals surface area contributed by atoms with E-state index in [1.807, 2.05) is 13.8 Å². The summed E-state index contributed by atoms with van der Waals surface area (Å²) in [5.41, 5.74) is 7.57. The number of aliphatic hydroxyl groups is 1. The molecule has 0 saturated carbocycles. The van der Waals surface area contributed by atoms with Crippen molar-refractivity contribution in [3.63, 3.8) is 0 Å². The largest absolute Gasteiger partial charge is 0.452 e. The minimum absolute atomic E-state index is 0.0416. The summed E-state index contributed by atoms with van der Waals surface area (Å²) in [6, 6.07) is 6.51. The number of carbonyl (C=O) groups excluding carboxylic acids is 2. The Morgan fingerprint density at radius 1 is 1.15 bits per heavy atom. The van der Waals surface area contributed by atoms with Crippen LogP contribution in [0.5, 0.6) is 0 Å². The highest BCUT2D eigenvalue weighted by Gasteiger charge is 2.30. The fourth-order valence-electron chi connectivity index (χ4n) is 5.67. The van der Waals surface area contributed by atoms with Crippen LogP contribution in [0.3, 0.4) is 0 Å². The highest BCUT2D eigenvalue weighted by Crippen LogP contribution is 2.32. The smallest absolute Gasteiger partial charge is 0.405 e. The lowest BCUT2D eigenvalue weighted by Crippen LogP contribution is -2.37. The number of rotatable bonds is 3. The van der Waals surface area contributed by atoms with Crippen molar-refractivity contribution in [2.24, 2.45) is 17.6 Å². The zero-order chi connectivity index (χ0) is 33.7. The van der Waals surface area contributed by atoms with E-state index in [1.54, 1.807) is 56.4 Å². The summed E-state index contributed by atoms with van der Waals surface area (Å²) in [6.07, 6.45) is 2.94. The van der Waals surface area contributed by atoms with E-state index in [1.165, 1.54) is 20.3 Å². The van der Waals surface area contributed by atoms with E-state index in [-0.39, 0.29) is 18.0 Å². The first kappa shape index (κ1) is 34.8. The van der Waals surface area contributed by atoms with E-state index in [0.29, 0.717) is 50.7 Å². The van der Waals surface area contributed by atoms with E-state index in [0.717, 1.165) is 0 Å². The van der Waals surface area contributed by atoms with Crippen LogP contribution in [0.25, 0.3) is 22.6 Å². The summed E-state index contributed by atoms with van der Waals surface area (Å²) in [5, 5.41) is 14.6. The Hall–Kier alpha value is -4.03. The molecule has 2 heterocycles. The number of aromatic nitrogens is 1. The Labute approximate surface area is 272 Å². The lowest BCUT2D eigenvalue weighted by atomic mass is 9.87. The molecule has 2 aliphatic heterocycles. The number of fused-ring (bicyclic) bond motifs is 5. The molecule has 4 rings (SSSR count). The Morgan fingerprint density at radius 2 is 1.89 bits per heavy atom. The van der Waals surface area contributed by atoms with Gasteiger partial charge in [0.15, 0.2) is 17.4 Å². The number of nitrogens with zero attached hydrogens (tertiary/aromatic N) is 1. The molecule has 6 unspecified atom stereocenters. The van der Waals surface area contributed by atoms with Gasteiger partial charge in [0.1, 0.15) is 17.3 Å². The topological polar surface area (TPSA) is 163 Å². The normalized spacial score (nSPS) is 25.2. The number of benzene rings is 2. The lowest BCUT2D eigenvalue weighted by Gasteiger charge is -2.29. The monoisotopic (exact) mass is 653 g/mol. The number of hydrogen-bond acceptors (Lipinski definition) is 9. The zero-order valence-corrected chi connectivity index (χ0v) is 27.5. The average Bonchev–Trinajstić information content (AvgIpc) is 3.01. The second-order valence-electron chi connectivity index (χ2n) is 11.7. The zero-order valence-electron chi connectivity index (χ0n) is 26.7. The molecule has 0 radical (unpaired) electrons. The molecular weight excluding hydrogens is 614 g/mol. The fourth-order valence-corrected chi connectivity index (χ4v) is 5.84. The van der Waals surface area contributed by atoms with Crippen LogP contribution in [-0.2, 0) is 25.4 Å². The van der Waals surface area contributed by atoms with Gasteiger partial charge in [0.05, 0.1) is 17.9 Å². The van der Waals surface area contributed by atoms with Crippen molar-refractivity contribution in [3.05, 3.63) is 80.5 Å². The summed E-state index contributed by atoms with van der Waals surface area (Å²) >= 11 is 6.19. The van der Waals surface area contributed by atoms with Crippen LogP contribution in [0, 0.1) is 11.8 Å². The highest BCUT2D eigenvalue weighted by atomic mass is 35.5. The number of nitrogens with two attached hydrogens (primary N) is 1. The number of allylic oxidation sites excluding steroid dienone is 2. The fraction of sp³-hybridized carbons (Fsp3) is 0.412. The SMILES string of the molecule is COC1C=CC=C(C)C(=O)Nc2cc3nc4cc(Cl)ccc4oc-3c(c2=O)CC(C)CC(OC)C(O)C(C)C=C(C)C1OC(N)=O. The number of methoxy groups -OCH3 is 2. The van der Waals surface area contributed by atoms with Crippen molar-refractivity contribution in [2.45, 2.75) is 65.0 Å². The first-order valence-electron chi connectivity index (χ1n) is 14.9. The molecule has 12 heteroatoms. The second kappa shape index (κ2) is 15.0. The molecule has 2 amide bonds. The Balaban J connectivity index is 1.86. The summed E-state index contributed by atoms with van der Waals surface area (Å²) in [5.74, 6) is -0.810. The van der Waals surface area contributed by atoms with Crippen molar-refractivity contribution in [3.8, 4) is 11.5 Å². The third kappa shape index (κ3) is 8.03. The van der Waals surface area contributed by atoms with Gasteiger partial charge in [0.2, 0.25) is 5.43 Å². The van der Waals surface area contributed by atoms with Crippen molar-refractivity contribution < 1.29 is 33.3 Å². The van der Waals surface area contributed by atoms with Gasteiger partial charge in [0.25, 0.3) is 5.91 Å². The summed E-state index contributed by atoms with van der Waals surface area (Å²) in [7, 11) is 2.96. The maximum absolute atomic E-state index is 13.9. The second-order valence-corrected chi connectivity index (χ2v) is 12.2. The number of carbonyl (C=O) groups is 2. The minimum atomic E-state index is -0.991. The molecule has 4 N–H and O–H groups in total. The van der Waals surface area contributed by atoms with Crippen LogP contribution in [0.1, 0.15) is 39.7 Å².